The molecule has 2 aromatic rings. The van der Waals surface area contributed by atoms with E-state index in [0.29, 0.717) is 19.8 Å². The maximum atomic E-state index is 13.3. The molecule has 0 saturated heterocycles. The number of hydrogen-bond acceptors (Lipinski definition) is 3. The summed E-state index contributed by atoms with van der Waals surface area (Å²) >= 11 is 13.0. The van der Waals surface area contributed by atoms with Gasteiger partial charge in [-0.05, 0) is 23.8 Å². The molecule has 0 aliphatic heterocycles. The summed E-state index contributed by atoms with van der Waals surface area (Å²) in [6, 6.07) is 5.74. The lowest BCUT2D eigenvalue weighted by atomic mass is 10.0. The number of rotatable bonds is 3. The predicted octanol–water partition coefficient (Wildman–Crippen LogP) is 4.28. The molecule has 0 fully saturated rings. The van der Waals surface area contributed by atoms with E-state index < -0.39 is 11.9 Å². The fourth-order valence-corrected chi connectivity index (χ4v) is 3.09. The van der Waals surface area contributed by atoms with Crippen LogP contribution in [-0.2, 0) is 0 Å². The molecule has 0 spiro atoms. The highest BCUT2D eigenvalue weighted by Crippen LogP contribution is 2.38. The maximum absolute atomic E-state index is 13.3. The van der Waals surface area contributed by atoms with Crippen molar-refractivity contribution in [3.8, 4) is 5.75 Å². The van der Waals surface area contributed by atoms with Gasteiger partial charge in [-0.15, -0.1) is 11.3 Å². The molecule has 0 aliphatic rings. The number of aliphatic hydroxyl groups is 1. The van der Waals surface area contributed by atoms with Crippen molar-refractivity contribution in [2.75, 3.05) is 7.11 Å². The molecule has 6 heteroatoms. The van der Waals surface area contributed by atoms with E-state index in [9.17, 15) is 9.50 Å². The van der Waals surface area contributed by atoms with Crippen LogP contribution in [-0.4, -0.2) is 12.2 Å². The third kappa shape index (κ3) is 2.62. The fraction of sp³-hybridized carbons (Fsp3) is 0.167. The molecule has 0 amide bonds. The van der Waals surface area contributed by atoms with Crippen LogP contribution in [0.15, 0.2) is 24.3 Å². The van der Waals surface area contributed by atoms with E-state index in [1.165, 1.54) is 36.6 Å². The Kier molecular flexibility index (Phi) is 4.12. The first-order valence-corrected chi connectivity index (χ1v) is 6.56. The number of halogens is 3. The van der Waals surface area contributed by atoms with E-state index in [4.69, 9.17) is 27.9 Å². The minimum absolute atomic E-state index is 0.0731. The molecule has 0 radical (unpaired) electrons. The van der Waals surface area contributed by atoms with Gasteiger partial charge in [-0.1, -0.05) is 29.3 Å². The first-order chi connectivity index (χ1) is 8.52. The zero-order valence-corrected chi connectivity index (χ0v) is 11.6. The fourth-order valence-electron chi connectivity index (χ4n) is 1.57. The number of methoxy groups -OCH3 is 1. The third-order valence-corrected chi connectivity index (χ3v) is 3.99. The van der Waals surface area contributed by atoms with Gasteiger partial charge in [0, 0.05) is 5.56 Å². The molecule has 1 heterocycles. The summed E-state index contributed by atoms with van der Waals surface area (Å²) in [4.78, 5) is 0. The molecule has 96 valence electrons. The Balaban J connectivity index is 2.39. The van der Waals surface area contributed by atoms with Gasteiger partial charge in [-0.2, -0.15) is 0 Å². The first kappa shape index (κ1) is 13.6. The Morgan fingerprint density at radius 3 is 2.61 bits per heavy atom. The van der Waals surface area contributed by atoms with Crippen LogP contribution in [0, 0.1) is 5.82 Å². The summed E-state index contributed by atoms with van der Waals surface area (Å²) in [6.07, 6.45) is -0.962. The molecule has 2 rings (SSSR count). The monoisotopic (exact) mass is 306 g/mol. The van der Waals surface area contributed by atoms with Gasteiger partial charge in [0.1, 0.15) is 10.4 Å². The van der Waals surface area contributed by atoms with Crippen LogP contribution >= 0.6 is 34.5 Å². The summed E-state index contributed by atoms with van der Waals surface area (Å²) in [5, 5.41) is 10.2. The number of benzene rings is 1. The van der Waals surface area contributed by atoms with E-state index >= 15 is 0 Å². The Morgan fingerprint density at radius 1 is 1.33 bits per heavy atom. The topological polar surface area (TPSA) is 29.5 Å². The second-order valence-electron chi connectivity index (χ2n) is 3.58. The molecule has 1 atom stereocenters. The molecule has 0 saturated carbocycles. The zero-order chi connectivity index (χ0) is 13.3. The van der Waals surface area contributed by atoms with E-state index in [-0.39, 0.29) is 5.75 Å². The lowest BCUT2D eigenvalue weighted by molar-refractivity contribution is 0.220. The van der Waals surface area contributed by atoms with Crippen molar-refractivity contribution in [1.29, 1.82) is 0 Å². The van der Waals surface area contributed by atoms with Gasteiger partial charge < -0.3 is 9.84 Å². The molecule has 1 unspecified atom stereocenters. The van der Waals surface area contributed by atoms with Crippen LogP contribution in [0.1, 0.15) is 17.2 Å². The summed E-state index contributed by atoms with van der Waals surface area (Å²) < 4.78 is 19.0. The van der Waals surface area contributed by atoms with Crippen molar-refractivity contribution in [2.24, 2.45) is 0 Å². The van der Waals surface area contributed by atoms with Crippen LogP contribution in [0.2, 0.25) is 8.67 Å². The Hall–Kier alpha value is -0.810. The standard InChI is InChI=1S/C12H9Cl2FO2S/c1-17-9-4-6(2-3-8(9)15)11(16)7-5-10(13)18-12(7)14/h2-5,11,16H,1H3. The van der Waals surface area contributed by atoms with E-state index in [2.05, 4.69) is 0 Å². The Bertz CT molecular complexity index is 571. The van der Waals surface area contributed by atoms with Crippen molar-refractivity contribution >= 4 is 34.5 Å². The molecule has 18 heavy (non-hydrogen) atoms. The number of hydrogen-bond donors (Lipinski definition) is 1. The minimum Gasteiger partial charge on any atom is -0.494 e. The molecule has 1 aromatic heterocycles. The van der Waals surface area contributed by atoms with E-state index in [1.807, 2.05) is 0 Å². The summed E-state index contributed by atoms with van der Waals surface area (Å²) in [5.74, 6) is -0.410. The van der Waals surface area contributed by atoms with Crippen molar-refractivity contribution < 1.29 is 14.2 Å². The van der Waals surface area contributed by atoms with Crippen LogP contribution in [0.5, 0.6) is 5.75 Å². The Morgan fingerprint density at radius 2 is 2.06 bits per heavy atom. The molecule has 0 bridgehead atoms. The lowest BCUT2D eigenvalue weighted by Crippen LogP contribution is -2.00. The zero-order valence-electron chi connectivity index (χ0n) is 9.28. The number of ether oxygens (including phenoxy) is 1. The molecular formula is C12H9Cl2FO2S. The van der Waals surface area contributed by atoms with Crippen molar-refractivity contribution in [3.63, 3.8) is 0 Å². The highest BCUT2D eigenvalue weighted by molar-refractivity contribution is 7.20. The third-order valence-electron chi connectivity index (χ3n) is 2.47. The van der Waals surface area contributed by atoms with Crippen LogP contribution in [0.3, 0.4) is 0 Å². The first-order valence-electron chi connectivity index (χ1n) is 4.99. The van der Waals surface area contributed by atoms with Gasteiger partial charge in [0.2, 0.25) is 0 Å². The molecule has 1 N–H and O–H groups in total. The molecule has 2 nitrogen and oxygen atoms in total. The maximum Gasteiger partial charge on any atom is 0.165 e. The normalized spacial score (nSPS) is 12.5. The van der Waals surface area contributed by atoms with Crippen LogP contribution in [0.25, 0.3) is 0 Å². The lowest BCUT2D eigenvalue weighted by Gasteiger charge is -2.12. The summed E-state index contributed by atoms with van der Waals surface area (Å²) in [6.45, 7) is 0. The van der Waals surface area contributed by atoms with Crippen LogP contribution in [0.4, 0.5) is 4.39 Å². The highest BCUT2D eigenvalue weighted by Gasteiger charge is 2.18. The molecular weight excluding hydrogens is 298 g/mol. The number of thiophene rings is 1. The largest absolute Gasteiger partial charge is 0.494 e. The van der Waals surface area contributed by atoms with Gasteiger partial charge in [-0.25, -0.2) is 4.39 Å². The molecule has 1 aromatic carbocycles. The van der Waals surface area contributed by atoms with Gasteiger partial charge in [0.15, 0.2) is 11.6 Å². The predicted molar refractivity (Wildman–Crippen MR) is 71.4 cm³/mol. The SMILES string of the molecule is COc1cc(C(O)c2cc(Cl)sc2Cl)ccc1F. The van der Waals surface area contributed by atoms with Gasteiger partial charge in [0.05, 0.1) is 11.4 Å². The van der Waals surface area contributed by atoms with Gasteiger partial charge in [0.25, 0.3) is 0 Å². The van der Waals surface area contributed by atoms with E-state index in [1.54, 1.807) is 6.07 Å². The second-order valence-corrected chi connectivity index (χ2v) is 5.86. The van der Waals surface area contributed by atoms with Crippen molar-refractivity contribution in [2.45, 2.75) is 6.10 Å². The quantitative estimate of drug-likeness (QED) is 0.917. The summed E-state index contributed by atoms with van der Waals surface area (Å²) in [5.41, 5.74) is 0.991. The van der Waals surface area contributed by atoms with Crippen molar-refractivity contribution in [3.05, 3.63) is 49.9 Å². The second kappa shape index (κ2) is 5.45. The molecule has 0 aliphatic carbocycles. The smallest absolute Gasteiger partial charge is 0.165 e. The summed E-state index contributed by atoms with van der Waals surface area (Å²) in [7, 11) is 1.36. The van der Waals surface area contributed by atoms with Crippen LogP contribution < -0.4 is 4.74 Å². The average Bonchev–Trinajstić information content (AvgIpc) is 2.68. The minimum atomic E-state index is -0.962. The van der Waals surface area contributed by atoms with Gasteiger partial charge in [-0.3, -0.25) is 0 Å². The Labute approximate surface area is 118 Å². The number of aliphatic hydroxyl groups excluding tert-OH is 1. The van der Waals surface area contributed by atoms with E-state index in [0.717, 1.165) is 0 Å². The van der Waals surface area contributed by atoms with Gasteiger partial charge >= 0.3 is 0 Å². The highest BCUT2D eigenvalue weighted by atomic mass is 35.5. The average molecular weight is 307 g/mol. The van der Waals surface area contributed by atoms with Crippen molar-refractivity contribution in [1.82, 2.24) is 0 Å².